The highest BCUT2D eigenvalue weighted by atomic mass is 127. The van der Waals surface area contributed by atoms with E-state index in [1.807, 2.05) is 7.05 Å². The Morgan fingerprint density at radius 3 is 2.43 bits per heavy atom. The lowest BCUT2D eigenvalue weighted by Gasteiger charge is -2.43. The lowest BCUT2D eigenvalue weighted by Crippen LogP contribution is -2.48. The SMILES string of the molecule is CN=C(NCC1(C2CC2)CCC1)N(C)CCC1CCOCC1.I. The van der Waals surface area contributed by atoms with Crippen LogP contribution in [0.1, 0.15) is 51.4 Å². The largest absolute Gasteiger partial charge is 0.381 e. The summed E-state index contributed by atoms with van der Waals surface area (Å²) < 4.78 is 5.45. The summed E-state index contributed by atoms with van der Waals surface area (Å²) in [4.78, 5) is 6.81. The van der Waals surface area contributed by atoms with E-state index in [1.165, 1.54) is 51.4 Å². The summed E-state index contributed by atoms with van der Waals surface area (Å²) in [5, 5.41) is 3.67. The number of hydrogen-bond donors (Lipinski definition) is 1. The molecule has 2 saturated carbocycles. The van der Waals surface area contributed by atoms with Gasteiger partial charge in [0.15, 0.2) is 5.96 Å². The number of rotatable bonds is 6. The topological polar surface area (TPSA) is 36.9 Å². The average molecular weight is 435 g/mol. The van der Waals surface area contributed by atoms with Crippen LogP contribution in [0.3, 0.4) is 0 Å². The van der Waals surface area contributed by atoms with Crippen LogP contribution in [0.15, 0.2) is 4.99 Å². The molecule has 0 amide bonds. The van der Waals surface area contributed by atoms with Gasteiger partial charge in [-0.1, -0.05) is 6.42 Å². The fourth-order valence-electron chi connectivity index (χ4n) is 4.21. The lowest BCUT2D eigenvalue weighted by atomic mass is 9.65. The molecule has 5 heteroatoms. The number of ether oxygens (including phenoxy) is 1. The van der Waals surface area contributed by atoms with Crippen molar-refractivity contribution in [2.75, 3.05) is 40.4 Å². The first-order chi connectivity index (χ1) is 10.7. The van der Waals surface area contributed by atoms with Gasteiger partial charge in [0, 0.05) is 40.4 Å². The Morgan fingerprint density at radius 1 is 1.22 bits per heavy atom. The third kappa shape index (κ3) is 4.97. The zero-order chi connectivity index (χ0) is 15.4. The first-order valence-corrected chi connectivity index (χ1v) is 9.23. The maximum absolute atomic E-state index is 5.45. The Hall–Kier alpha value is -0.0400. The third-order valence-electron chi connectivity index (χ3n) is 6.18. The average Bonchev–Trinajstić information content (AvgIpc) is 3.34. The summed E-state index contributed by atoms with van der Waals surface area (Å²) in [6.07, 6.45) is 10.9. The van der Waals surface area contributed by atoms with E-state index in [9.17, 15) is 0 Å². The van der Waals surface area contributed by atoms with E-state index in [1.54, 1.807) is 0 Å². The number of nitrogens with zero attached hydrogens (tertiary/aromatic N) is 2. The van der Waals surface area contributed by atoms with E-state index in [4.69, 9.17) is 4.74 Å². The molecule has 0 bridgehead atoms. The number of halogens is 1. The molecule has 0 radical (unpaired) electrons. The molecule has 3 fully saturated rings. The van der Waals surface area contributed by atoms with E-state index in [-0.39, 0.29) is 24.0 Å². The zero-order valence-corrected chi connectivity index (χ0v) is 17.2. The fourth-order valence-corrected chi connectivity index (χ4v) is 4.21. The smallest absolute Gasteiger partial charge is 0.193 e. The van der Waals surface area contributed by atoms with E-state index >= 15 is 0 Å². The van der Waals surface area contributed by atoms with Crippen LogP contribution < -0.4 is 5.32 Å². The summed E-state index contributed by atoms with van der Waals surface area (Å²) in [6.45, 7) is 4.13. The fraction of sp³-hybridized carbons (Fsp3) is 0.944. The summed E-state index contributed by atoms with van der Waals surface area (Å²) in [7, 11) is 4.09. The molecule has 1 N–H and O–H groups in total. The molecule has 2 aliphatic carbocycles. The third-order valence-corrected chi connectivity index (χ3v) is 6.18. The number of guanidine groups is 1. The van der Waals surface area contributed by atoms with Crippen molar-refractivity contribution in [3.05, 3.63) is 0 Å². The highest BCUT2D eigenvalue weighted by Crippen LogP contribution is 2.56. The Labute approximate surface area is 158 Å². The molecule has 0 aromatic heterocycles. The van der Waals surface area contributed by atoms with Gasteiger partial charge in [0.05, 0.1) is 0 Å². The molecular formula is C18H34IN3O. The minimum absolute atomic E-state index is 0. The summed E-state index contributed by atoms with van der Waals surface area (Å²) in [5.41, 5.74) is 0.609. The van der Waals surface area contributed by atoms with Gasteiger partial charge in [0.2, 0.25) is 0 Å². The van der Waals surface area contributed by atoms with Crippen molar-refractivity contribution in [3.8, 4) is 0 Å². The van der Waals surface area contributed by atoms with Crippen molar-refractivity contribution in [1.82, 2.24) is 10.2 Å². The molecule has 23 heavy (non-hydrogen) atoms. The van der Waals surface area contributed by atoms with E-state index in [0.29, 0.717) is 5.41 Å². The van der Waals surface area contributed by atoms with Crippen LogP contribution in [0.2, 0.25) is 0 Å². The Kier molecular flexibility index (Phi) is 7.45. The van der Waals surface area contributed by atoms with Crippen molar-refractivity contribution in [2.24, 2.45) is 22.2 Å². The van der Waals surface area contributed by atoms with Gasteiger partial charge in [-0.15, -0.1) is 24.0 Å². The Balaban J connectivity index is 0.00000192. The van der Waals surface area contributed by atoms with E-state index < -0.39 is 0 Å². The van der Waals surface area contributed by atoms with Crippen LogP contribution >= 0.6 is 24.0 Å². The molecule has 0 unspecified atom stereocenters. The van der Waals surface area contributed by atoms with Gasteiger partial charge in [0.25, 0.3) is 0 Å². The van der Waals surface area contributed by atoms with Crippen LogP contribution in [0.25, 0.3) is 0 Å². The maximum atomic E-state index is 5.45. The molecule has 0 atom stereocenters. The molecule has 0 spiro atoms. The van der Waals surface area contributed by atoms with Crippen molar-refractivity contribution in [3.63, 3.8) is 0 Å². The van der Waals surface area contributed by atoms with Crippen molar-refractivity contribution in [1.29, 1.82) is 0 Å². The Morgan fingerprint density at radius 2 is 1.91 bits per heavy atom. The highest BCUT2D eigenvalue weighted by molar-refractivity contribution is 14.0. The van der Waals surface area contributed by atoms with Gasteiger partial charge in [-0.3, -0.25) is 4.99 Å². The first kappa shape index (κ1) is 19.3. The molecule has 134 valence electrons. The monoisotopic (exact) mass is 435 g/mol. The first-order valence-electron chi connectivity index (χ1n) is 9.23. The second-order valence-electron chi connectivity index (χ2n) is 7.66. The van der Waals surface area contributed by atoms with Gasteiger partial charge in [-0.05, 0) is 62.2 Å². The zero-order valence-electron chi connectivity index (χ0n) is 14.9. The van der Waals surface area contributed by atoms with Gasteiger partial charge in [0.1, 0.15) is 0 Å². The van der Waals surface area contributed by atoms with Crippen LogP contribution in [0, 0.1) is 17.3 Å². The van der Waals surface area contributed by atoms with Crippen molar-refractivity contribution < 1.29 is 4.74 Å². The van der Waals surface area contributed by atoms with E-state index in [0.717, 1.165) is 44.1 Å². The quantitative estimate of drug-likeness (QED) is 0.394. The van der Waals surface area contributed by atoms with Gasteiger partial charge in [-0.2, -0.15) is 0 Å². The van der Waals surface area contributed by atoms with Crippen LogP contribution in [-0.2, 0) is 4.74 Å². The highest BCUT2D eigenvalue weighted by Gasteiger charge is 2.48. The predicted octanol–water partition coefficient (Wildman–Crippen LogP) is 3.51. The van der Waals surface area contributed by atoms with Crippen LogP contribution in [0.4, 0.5) is 0 Å². The molecular weight excluding hydrogens is 401 g/mol. The molecule has 1 heterocycles. The molecule has 0 aromatic rings. The van der Waals surface area contributed by atoms with Crippen LogP contribution in [0.5, 0.6) is 0 Å². The lowest BCUT2D eigenvalue weighted by molar-refractivity contribution is 0.0624. The second-order valence-corrected chi connectivity index (χ2v) is 7.66. The predicted molar refractivity (Wildman–Crippen MR) is 107 cm³/mol. The molecule has 3 rings (SSSR count). The van der Waals surface area contributed by atoms with Crippen LogP contribution in [-0.4, -0.2) is 51.3 Å². The minimum Gasteiger partial charge on any atom is -0.381 e. The number of aliphatic imine (C=N–C) groups is 1. The minimum atomic E-state index is 0. The van der Waals surface area contributed by atoms with E-state index in [2.05, 4.69) is 22.3 Å². The molecule has 3 aliphatic rings. The molecule has 1 saturated heterocycles. The summed E-state index contributed by atoms with van der Waals surface area (Å²) in [6, 6.07) is 0. The number of nitrogens with one attached hydrogen (secondary N) is 1. The molecule has 1 aliphatic heterocycles. The summed E-state index contributed by atoms with van der Waals surface area (Å²) >= 11 is 0. The Bertz CT molecular complexity index is 388. The molecule has 0 aromatic carbocycles. The maximum Gasteiger partial charge on any atom is 0.193 e. The number of hydrogen-bond acceptors (Lipinski definition) is 2. The van der Waals surface area contributed by atoms with Gasteiger partial charge < -0.3 is 15.0 Å². The van der Waals surface area contributed by atoms with Crippen molar-refractivity contribution >= 4 is 29.9 Å². The standard InChI is InChI=1S/C18H33N3O.HI/c1-19-17(20-14-18(9-3-10-18)16-4-5-16)21(2)11-6-15-7-12-22-13-8-15;/h15-16H,3-14H2,1-2H3,(H,19,20);1H. The summed E-state index contributed by atoms with van der Waals surface area (Å²) in [5.74, 6) is 2.91. The van der Waals surface area contributed by atoms with Gasteiger partial charge >= 0.3 is 0 Å². The van der Waals surface area contributed by atoms with Gasteiger partial charge in [-0.25, -0.2) is 0 Å². The van der Waals surface area contributed by atoms with Crippen molar-refractivity contribution in [2.45, 2.75) is 51.4 Å². The normalized spacial score (nSPS) is 24.5. The molecule has 4 nitrogen and oxygen atoms in total. The second kappa shape index (κ2) is 8.88.